The molecule has 0 aliphatic heterocycles. The summed E-state index contributed by atoms with van der Waals surface area (Å²) >= 11 is 1.53. The smallest absolute Gasteiger partial charge is 0.254 e. The van der Waals surface area contributed by atoms with Crippen molar-refractivity contribution in [2.45, 2.75) is 13.0 Å². The molecule has 1 aromatic carbocycles. The van der Waals surface area contributed by atoms with E-state index in [2.05, 4.69) is 0 Å². The second kappa shape index (κ2) is 5.23. The number of carbonyl (C=O) groups is 1. The van der Waals surface area contributed by atoms with Gasteiger partial charge in [-0.15, -0.1) is 0 Å². The number of nitrogens with zero attached hydrogens (tertiary/aromatic N) is 1. The van der Waals surface area contributed by atoms with Gasteiger partial charge in [-0.2, -0.15) is 11.3 Å². The van der Waals surface area contributed by atoms with Crippen molar-refractivity contribution in [2.75, 3.05) is 12.8 Å². The van der Waals surface area contributed by atoms with E-state index in [9.17, 15) is 4.79 Å². The molecule has 0 saturated carbocycles. The van der Waals surface area contributed by atoms with Crippen LogP contribution in [0.5, 0.6) is 0 Å². The Morgan fingerprint density at radius 2 is 2.17 bits per heavy atom. The molecule has 0 saturated heterocycles. The van der Waals surface area contributed by atoms with Gasteiger partial charge < -0.3 is 10.6 Å². The molecule has 2 aromatic rings. The molecule has 0 aliphatic carbocycles. The van der Waals surface area contributed by atoms with Crippen LogP contribution in [0.25, 0.3) is 0 Å². The van der Waals surface area contributed by atoms with Crippen LogP contribution in [-0.2, 0) is 0 Å². The zero-order chi connectivity index (χ0) is 13.1. The summed E-state index contributed by atoms with van der Waals surface area (Å²) in [5, 5.41) is 3.77. The van der Waals surface area contributed by atoms with Crippen molar-refractivity contribution in [3.8, 4) is 0 Å². The van der Waals surface area contributed by atoms with Gasteiger partial charge in [0.1, 0.15) is 0 Å². The standard InChI is InChI=1S/C14H16N2OS/c1-10(11-4-3-5-13(15)8-11)16(2)14(17)12-6-7-18-9-12/h3-10H,15H2,1-2H3. The maximum Gasteiger partial charge on any atom is 0.254 e. The molecule has 0 aliphatic rings. The molecule has 1 amide bonds. The van der Waals surface area contributed by atoms with Crippen LogP contribution < -0.4 is 5.73 Å². The van der Waals surface area contributed by atoms with Crippen molar-refractivity contribution >= 4 is 22.9 Å². The maximum absolute atomic E-state index is 12.2. The highest BCUT2D eigenvalue weighted by Gasteiger charge is 2.19. The Kier molecular flexibility index (Phi) is 3.67. The van der Waals surface area contributed by atoms with Crippen molar-refractivity contribution in [1.29, 1.82) is 0 Å². The van der Waals surface area contributed by atoms with Crippen LogP contribution in [0.3, 0.4) is 0 Å². The number of amides is 1. The van der Waals surface area contributed by atoms with Crippen LogP contribution in [0.4, 0.5) is 5.69 Å². The average Bonchev–Trinajstić information content (AvgIpc) is 2.90. The van der Waals surface area contributed by atoms with Crippen molar-refractivity contribution in [2.24, 2.45) is 0 Å². The highest BCUT2D eigenvalue weighted by atomic mass is 32.1. The van der Waals surface area contributed by atoms with Crippen LogP contribution in [-0.4, -0.2) is 17.9 Å². The fourth-order valence-electron chi connectivity index (χ4n) is 1.81. The fraction of sp³-hybridized carbons (Fsp3) is 0.214. The summed E-state index contributed by atoms with van der Waals surface area (Å²) in [5.74, 6) is 0.0335. The first-order valence-electron chi connectivity index (χ1n) is 5.74. The Hall–Kier alpha value is -1.81. The molecule has 1 aromatic heterocycles. The number of hydrogen-bond acceptors (Lipinski definition) is 3. The van der Waals surface area contributed by atoms with Gasteiger partial charge in [-0.05, 0) is 36.1 Å². The Bertz CT molecular complexity index is 536. The van der Waals surface area contributed by atoms with E-state index in [0.29, 0.717) is 0 Å². The highest BCUT2D eigenvalue weighted by molar-refractivity contribution is 7.08. The maximum atomic E-state index is 12.2. The topological polar surface area (TPSA) is 46.3 Å². The van der Waals surface area contributed by atoms with Crippen molar-refractivity contribution in [3.05, 3.63) is 52.2 Å². The minimum Gasteiger partial charge on any atom is -0.399 e. The summed E-state index contributed by atoms with van der Waals surface area (Å²) < 4.78 is 0. The third-order valence-corrected chi connectivity index (χ3v) is 3.75. The lowest BCUT2D eigenvalue weighted by atomic mass is 10.1. The summed E-state index contributed by atoms with van der Waals surface area (Å²) in [6.07, 6.45) is 0. The second-order valence-corrected chi connectivity index (χ2v) is 5.05. The monoisotopic (exact) mass is 260 g/mol. The lowest BCUT2D eigenvalue weighted by molar-refractivity contribution is 0.0743. The number of nitrogen functional groups attached to an aromatic ring is 1. The minimum atomic E-state index is 0.000833. The van der Waals surface area contributed by atoms with E-state index in [1.54, 1.807) is 4.90 Å². The van der Waals surface area contributed by atoms with Gasteiger partial charge in [-0.3, -0.25) is 4.79 Å². The third kappa shape index (κ3) is 2.54. The van der Waals surface area contributed by atoms with Gasteiger partial charge in [0, 0.05) is 18.1 Å². The lowest BCUT2D eigenvalue weighted by Crippen LogP contribution is -2.29. The number of anilines is 1. The predicted molar refractivity (Wildman–Crippen MR) is 75.7 cm³/mol. The van der Waals surface area contributed by atoms with Crippen LogP contribution in [0.1, 0.15) is 28.9 Å². The Morgan fingerprint density at radius 1 is 1.39 bits per heavy atom. The van der Waals surface area contributed by atoms with Gasteiger partial charge in [0.2, 0.25) is 0 Å². The molecule has 2 rings (SSSR count). The van der Waals surface area contributed by atoms with Gasteiger partial charge in [-0.25, -0.2) is 0 Å². The third-order valence-electron chi connectivity index (χ3n) is 3.06. The molecular formula is C14H16N2OS. The molecule has 1 atom stereocenters. The zero-order valence-corrected chi connectivity index (χ0v) is 11.3. The van der Waals surface area contributed by atoms with E-state index in [4.69, 9.17) is 5.73 Å². The van der Waals surface area contributed by atoms with Crippen molar-refractivity contribution < 1.29 is 4.79 Å². The molecule has 3 nitrogen and oxygen atoms in total. The molecule has 4 heteroatoms. The first kappa shape index (κ1) is 12.6. The van der Waals surface area contributed by atoms with E-state index in [1.807, 2.05) is 55.1 Å². The van der Waals surface area contributed by atoms with E-state index in [0.717, 1.165) is 16.8 Å². The summed E-state index contributed by atoms with van der Waals surface area (Å²) in [5.41, 5.74) is 8.26. The molecule has 94 valence electrons. The zero-order valence-electron chi connectivity index (χ0n) is 10.5. The largest absolute Gasteiger partial charge is 0.399 e. The van der Waals surface area contributed by atoms with Crippen LogP contribution in [0.15, 0.2) is 41.1 Å². The number of hydrogen-bond donors (Lipinski definition) is 1. The SMILES string of the molecule is CC(c1cccc(N)c1)N(C)C(=O)c1ccsc1. The summed E-state index contributed by atoms with van der Waals surface area (Å²) in [6.45, 7) is 2.00. The molecule has 0 bridgehead atoms. The van der Waals surface area contributed by atoms with Crippen LogP contribution >= 0.6 is 11.3 Å². The van der Waals surface area contributed by atoms with Gasteiger partial charge in [0.05, 0.1) is 11.6 Å². The van der Waals surface area contributed by atoms with Crippen LogP contribution in [0, 0.1) is 0 Å². The van der Waals surface area contributed by atoms with Crippen molar-refractivity contribution in [3.63, 3.8) is 0 Å². The first-order chi connectivity index (χ1) is 8.59. The highest BCUT2D eigenvalue weighted by Crippen LogP contribution is 2.22. The summed E-state index contributed by atoms with van der Waals surface area (Å²) in [7, 11) is 1.81. The normalized spacial score (nSPS) is 12.1. The molecule has 2 N–H and O–H groups in total. The number of rotatable bonds is 3. The first-order valence-corrected chi connectivity index (χ1v) is 6.68. The molecule has 0 fully saturated rings. The molecule has 0 spiro atoms. The average molecular weight is 260 g/mol. The predicted octanol–water partition coefficient (Wildman–Crippen LogP) is 3.16. The van der Waals surface area contributed by atoms with Gasteiger partial charge in [-0.1, -0.05) is 12.1 Å². The van der Waals surface area contributed by atoms with Gasteiger partial charge >= 0.3 is 0 Å². The molecule has 18 heavy (non-hydrogen) atoms. The fourth-order valence-corrected chi connectivity index (χ4v) is 2.44. The van der Waals surface area contributed by atoms with Gasteiger partial charge in [0.15, 0.2) is 0 Å². The summed E-state index contributed by atoms with van der Waals surface area (Å²) in [6, 6.07) is 9.48. The van der Waals surface area contributed by atoms with E-state index < -0.39 is 0 Å². The molecule has 1 unspecified atom stereocenters. The quantitative estimate of drug-likeness (QED) is 0.862. The number of carbonyl (C=O) groups excluding carboxylic acids is 1. The molecular weight excluding hydrogens is 244 g/mol. The number of thiophene rings is 1. The van der Waals surface area contributed by atoms with Crippen LogP contribution in [0.2, 0.25) is 0 Å². The minimum absolute atomic E-state index is 0.000833. The van der Waals surface area contributed by atoms with E-state index >= 15 is 0 Å². The Labute approximate surface area is 111 Å². The second-order valence-electron chi connectivity index (χ2n) is 4.27. The lowest BCUT2D eigenvalue weighted by Gasteiger charge is -2.25. The number of benzene rings is 1. The van der Waals surface area contributed by atoms with E-state index in [-0.39, 0.29) is 11.9 Å². The number of nitrogens with two attached hydrogens (primary N) is 1. The van der Waals surface area contributed by atoms with Gasteiger partial charge in [0.25, 0.3) is 5.91 Å². The summed E-state index contributed by atoms with van der Waals surface area (Å²) in [4.78, 5) is 13.9. The molecule has 1 heterocycles. The van der Waals surface area contributed by atoms with E-state index in [1.165, 1.54) is 11.3 Å². The molecule has 0 radical (unpaired) electrons. The Balaban J connectivity index is 2.18. The van der Waals surface area contributed by atoms with Crippen molar-refractivity contribution in [1.82, 2.24) is 4.90 Å². The Morgan fingerprint density at radius 3 is 2.78 bits per heavy atom.